The van der Waals surface area contributed by atoms with Crippen molar-refractivity contribution in [2.75, 3.05) is 30.3 Å². The minimum atomic E-state index is 0.150. The number of amidine groups is 2. The van der Waals surface area contributed by atoms with E-state index >= 15 is 0 Å². The third-order valence-corrected chi connectivity index (χ3v) is 5.95. The maximum Gasteiger partial charge on any atom is 0.183 e. The van der Waals surface area contributed by atoms with Gasteiger partial charge in [0.2, 0.25) is 0 Å². The number of benzene rings is 2. The molecule has 0 bridgehead atoms. The molecular weight excluding hydrogens is 418 g/mol. The summed E-state index contributed by atoms with van der Waals surface area (Å²) < 4.78 is 5.66. The Balaban J connectivity index is 0.000000913. The molecule has 32 heavy (non-hydrogen) atoms. The molecule has 0 aromatic heterocycles. The van der Waals surface area contributed by atoms with Gasteiger partial charge in [-0.05, 0) is 49.6 Å². The summed E-state index contributed by atoms with van der Waals surface area (Å²) in [4.78, 5) is 2.41. The summed E-state index contributed by atoms with van der Waals surface area (Å²) in [5, 5.41) is 23.2. The summed E-state index contributed by atoms with van der Waals surface area (Å²) in [6, 6.07) is 15.9. The highest BCUT2D eigenvalue weighted by Gasteiger charge is 2.25. The van der Waals surface area contributed by atoms with Crippen molar-refractivity contribution in [1.82, 2.24) is 5.01 Å². The fourth-order valence-corrected chi connectivity index (χ4v) is 4.34. The van der Waals surface area contributed by atoms with Crippen molar-refractivity contribution in [1.29, 1.82) is 10.8 Å². The first-order valence-electron chi connectivity index (χ1n) is 11.3. The number of nitrogens with zero attached hydrogens (tertiary/aromatic N) is 3. The number of hydrazone groups is 1. The molecule has 1 fully saturated rings. The lowest BCUT2D eigenvalue weighted by atomic mass is 10.1. The molecule has 0 aliphatic carbocycles. The van der Waals surface area contributed by atoms with Crippen LogP contribution in [0.1, 0.15) is 51.2 Å². The Labute approximate surface area is 195 Å². The van der Waals surface area contributed by atoms with Crippen molar-refractivity contribution < 1.29 is 4.74 Å². The van der Waals surface area contributed by atoms with Gasteiger partial charge in [0, 0.05) is 24.5 Å². The Morgan fingerprint density at radius 1 is 1.03 bits per heavy atom. The number of hydrogen-bond acceptors (Lipinski definition) is 6. The molecule has 0 saturated carbocycles. The molecule has 0 atom stereocenters. The smallest absolute Gasteiger partial charge is 0.183 e. The predicted octanol–water partition coefficient (Wildman–Crippen LogP) is 5.82. The zero-order valence-corrected chi connectivity index (χ0v) is 20.0. The van der Waals surface area contributed by atoms with Gasteiger partial charge in [0.05, 0.1) is 17.9 Å². The number of rotatable bonds is 5. The molecule has 0 amide bonds. The Kier molecular flexibility index (Phi) is 8.73. The van der Waals surface area contributed by atoms with Crippen LogP contribution in [0.4, 0.5) is 5.69 Å². The van der Waals surface area contributed by atoms with E-state index in [9.17, 15) is 0 Å². The van der Waals surface area contributed by atoms with Crippen LogP contribution in [-0.4, -0.2) is 47.2 Å². The average Bonchev–Trinajstić information content (AvgIpc) is 3.35. The maximum atomic E-state index is 8.65. The molecule has 0 unspecified atom stereocenters. The monoisotopic (exact) mass is 451 g/mol. The Morgan fingerprint density at radius 2 is 1.69 bits per heavy atom. The van der Waals surface area contributed by atoms with Crippen molar-refractivity contribution >= 4 is 34.2 Å². The molecule has 2 heterocycles. The van der Waals surface area contributed by atoms with E-state index in [-0.39, 0.29) is 11.0 Å². The molecule has 2 N–H and O–H groups in total. The zero-order valence-electron chi connectivity index (χ0n) is 19.2. The van der Waals surface area contributed by atoms with Crippen LogP contribution < -0.4 is 9.64 Å². The second-order valence-corrected chi connectivity index (χ2v) is 8.64. The van der Waals surface area contributed by atoms with E-state index < -0.39 is 0 Å². The lowest BCUT2D eigenvalue weighted by Crippen LogP contribution is -2.35. The Morgan fingerprint density at radius 3 is 2.34 bits per heavy atom. The van der Waals surface area contributed by atoms with Crippen LogP contribution in [0, 0.1) is 10.8 Å². The number of para-hydroxylation sites is 1. The van der Waals surface area contributed by atoms with Crippen LogP contribution in [0.2, 0.25) is 0 Å². The predicted molar refractivity (Wildman–Crippen MR) is 137 cm³/mol. The van der Waals surface area contributed by atoms with Crippen molar-refractivity contribution in [2.24, 2.45) is 5.10 Å². The van der Waals surface area contributed by atoms with E-state index in [0.29, 0.717) is 23.7 Å². The van der Waals surface area contributed by atoms with Crippen molar-refractivity contribution in [3.05, 3.63) is 59.7 Å². The molecule has 1 saturated heterocycles. The molecule has 2 aliphatic heterocycles. The number of anilines is 1. The number of ether oxygens (including phenoxy) is 1. The van der Waals surface area contributed by atoms with Gasteiger partial charge in [-0.2, -0.15) is 10.1 Å². The summed E-state index contributed by atoms with van der Waals surface area (Å²) in [6.07, 6.45) is 3.76. The van der Waals surface area contributed by atoms with Gasteiger partial charge in [0.15, 0.2) is 11.0 Å². The minimum Gasteiger partial charge on any atom is -0.493 e. The number of thioether (sulfide) groups is 1. The molecule has 7 heteroatoms. The van der Waals surface area contributed by atoms with E-state index in [1.54, 1.807) is 0 Å². The molecule has 2 aromatic rings. The van der Waals surface area contributed by atoms with Gasteiger partial charge < -0.3 is 9.64 Å². The fourth-order valence-electron chi connectivity index (χ4n) is 3.58. The highest BCUT2D eigenvalue weighted by Crippen LogP contribution is 2.26. The van der Waals surface area contributed by atoms with E-state index in [1.165, 1.54) is 41.7 Å². The van der Waals surface area contributed by atoms with E-state index in [0.717, 1.165) is 24.4 Å². The van der Waals surface area contributed by atoms with Crippen LogP contribution in [0.3, 0.4) is 0 Å². The first kappa shape index (κ1) is 23.9. The van der Waals surface area contributed by atoms with Crippen molar-refractivity contribution in [3.8, 4) is 5.75 Å². The SMILES string of the molecule is CCC.CCOc1ccccc1C(=N)N1N=C(c2ccc(N3CCCC3)cc2)CSC1=N. The van der Waals surface area contributed by atoms with Gasteiger partial charge in [0.1, 0.15) is 5.75 Å². The number of nitrogens with one attached hydrogen (secondary N) is 2. The van der Waals surface area contributed by atoms with Crippen LogP contribution in [0.5, 0.6) is 5.75 Å². The Bertz CT molecular complexity index is 951. The van der Waals surface area contributed by atoms with Crippen LogP contribution >= 0.6 is 11.8 Å². The molecular formula is C25H33N5OS. The molecule has 170 valence electrons. The van der Waals surface area contributed by atoms with E-state index in [2.05, 4.69) is 48.1 Å². The fraction of sp³-hybridized carbons (Fsp3) is 0.400. The van der Waals surface area contributed by atoms with E-state index in [4.69, 9.17) is 15.6 Å². The standard InChI is InChI=1S/C22H25N5OS.C3H8/c1-2-28-20-8-4-3-7-18(20)21(23)27-22(24)29-15-19(25-27)16-9-11-17(12-10-16)26-13-5-6-14-26;1-3-2/h3-4,7-12,23-24H,2,5-6,13-15H2,1H3;3H2,1-2H3. The molecule has 2 aliphatic rings. The molecule has 0 radical (unpaired) electrons. The lowest BCUT2D eigenvalue weighted by molar-refractivity contribution is 0.339. The molecule has 0 spiro atoms. The van der Waals surface area contributed by atoms with Gasteiger partial charge >= 0.3 is 0 Å². The molecule has 4 rings (SSSR count). The second kappa shape index (κ2) is 11.7. The summed E-state index contributed by atoms with van der Waals surface area (Å²) in [5.41, 5.74) is 3.79. The third kappa shape index (κ3) is 5.71. The minimum absolute atomic E-state index is 0.150. The third-order valence-electron chi connectivity index (χ3n) is 5.08. The van der Waals surface area contributed by atoms with E-state index in [1.807, 2.05) is 31.2 Å². The van der Waals surface area contributed by atoms with Crippen LogP contribution in [0.15, 0.2) is 53.6 Å². The average molecular weight is 452 g/mol. The van der Waals surface area contributed by atoms with Gasteiger partial charge in [-0.25, -0.2) is 0 Å². The largest absolute Gasteiger partial charge is 0.493 e. The normalized spacial score (nSPS) is 15.7. The highest BCUT2D eigenvalue weighted by molar-refractivity contribution is 8.14. The van der Waals surface area contributed by atoms with Crippen LogP contribution in [0.25, 0.3) is 0 Å². The lowest BCUT2D eigenvalue weighted by Gasteiger charge is -2.26. The highest BCUT2D eigenvalue weighted by atomic mass is 32.2. The quantitative estimate of drug-likeness (QED) is 0.444. The second-order valence-electron chi connectivity index (χ2n) is 7.68. The molecule has 6 nitrogen and oxygen atoms in total. The first-order chi connectivity index (χ1) is 15.6. The zero-order chi connectivity index (χ0) is 22.9. The topological polar surface area (TPSA) is 75.8 Å². The van der Waals surface area contributed by atoms with Crippen LogP contribution in [-0.2, 0) is 0 Å². The molecule has 2 aromatic carbocycles. The van der Waals surface area contributed by atoms with Gasteiger partial charge in [-0.3, -0.25) is 10.8 Å². The van der Waals surface area contributed by atoms with Gasteiger partial charge in [-0.15, -0.1) is 0 Å². The van der Waals surface area contributed by atoms with Crippen molar-refractivity contribution in [2.45, 2.75) is 40.0 Å². The maximum absolute atomic E-state index is 8.65. The summed E-state index contributed by atoms with van der Waals surface area (Å²) in [6.45, 7) is 8.94. The van der Waals surface area contributed by atoms with Gasteiger partial charge in [0.25, 0.3) is 0 Å². The summed E-state index contributed by atoms with van der Waals surface area (Å²) >= 11 is 1.39. The Hall–Kier alpha value is -2.80. The summed E-state index contributed by atoms with van der Waals surface area (Å²) in [7, 11) is 0. The number of hydrogen-bond donors (Lipinski definition) is 2. The van der Waals surface area contributed by atoms with Crippen molar-refractivity contribution in [3.63, 3.8) is 0 Å². The summed E-state index contributed by atoms with van der Waals surface area (Å²) in [5.74, 6) is 1.41. The first-order valence-corrected chi connectivity index (χ1v) is 12.3. The van der Waals surface area contributed by atoms with Gasteiger partial charge in [-0.1, -0.05) is 56.3 Å².